The van der Waals surface area contributed by atoms with Gasteiger partial charge in [-0.3, -0.25) is 5.41 Å². The molecule has 0 aliphatic carbocycles. The van der Waals surface area contributed by atoms with Crippen molar-refractivity contribution in [2.45, 2.75) is 19.8 Å². The van der Waals surface area contributed by atoms with Gasteiger partial charge in [-0.1, -0.05) is 6.92 Å². The molecule has 0 aliphatic rings. The van der Waals surface area contributed by atoms with Gasteiger partial charge in [0, 0.05) is 0 Å². The Morgan fingerprint density at radius 2 is 2.20 bits per heavy atom. The second-order valence-electron chi connectivity index (χ2n) is 4.08. The van der Waals surface area contributed by atoms with E-state index in [2.05, 4.69) is 12.0 Å². The summed E-state index contributed by atoms with van der Waals surface area (Å²) in [5, 5.41) is 21.3. The number of ether oxygens (including phenoxy) is 1. The zero-order valence-corrected chi connectivity index (χ0v) is 11.5. The van der Waals surface area contributed by atoms with Gasteiger partial charge < -0.3 is 10.5 Å². The van der Waals surface area contributed by atoms with Crippen LogP contribution in [0, 0.1) is 16.7 Å². The summed E-state index contributed by atoms with van der Waals surface area (Å²) in [6, 6.07) is 9.47. The molecule has 0 saturated carbocycles. The minimum Gasteiger partial charge on any atom is -0.494 e. The van der Waals surface area contributed by atoms with Crippen molar-refractivity contribution < 1.29 is 4.74 Å². The van der Waals surface area contributed by atoms with Crippen molar-refractivity contribution in [3.63, 3.8) is 0 Å². The fourth-order valence-electron chi connectivity index (χ4n) is 1.40. The van der Waals surface area contributed by atoms with Gasteiger partial charge in [0.15, 0.2) is 0 Å². The number of hydrazone groups is 1. The van der Waals surface area contributed by atoms with Gasteiger partial charge in [0.25, 0.3) is 0 Å². The lowest BCUT2D eigenvalue weighted by Gasteiger charge is -2.14. The van der Waals surface area contributed by atoms with Gasteiger partial charge in [0.05, 0.1) is 31.9 Å². The van der Waals surface area contributed by atoms with Gasteiger partial charge >= 0.3 is 0 Å². The minimum absolute atomic E-state index is 0.181. The van der Waals surface area contributed by atoms with Crippen LogP contribution < -0.4 is 10.5 Å². The van der Waals surface area contributed by atoms with Crippen LogP contribution in [0.2, 0.25) is 0 Å². The molecule has 0 aromatic heterocycles. The molecule has 1 aromatic rings. The van der Waals surface area contributed by atoms with Crippen LogP contribution in [0.25, 0.3) is 0 Å². The zero-order valence-electron chi connectivity index (χ0n) is 11.5. The summed E-state index contributed by atoms with van der Waals surface area (Å²) in [6.45, 7) is 3.05. The molecule has 0 radical (unpaired) electrons. The van der Waals surface area contributed by atoms with Gasteiger partial charge in [0.2, 0.25) is 5.96 Å². The fraction of sp³-hybridized carbons (Fsp3) is 0.357. The normalized spacial score (nSPS) is 10.2. The molecule has 0 saturated heterocycles. The van der Waals surface area contributed by atoms with Crippen LogP contribution in [0.5, 0.6) is 5.75 Å². The number of nitriles is 1. The van der Waals surface area contributed by atoms with Gasteiger partial charge in [-0.05, 0) is 36.2 Å². The summed E-state index contributed by atoms with van der Waals surface area (Å²) >= 11 is 0. The second-order valence-corrected chi connectivity index (χ2v) is 4.08. The fourth-order valence-corrected chi connectivity index (χ4v) is 1.40. The molecule has 0 fully saturated rings. The summed E-state index contributed by atoms with van der Waals surface area (Å²) in [5.74, 6) is 0.635. The number of nitrogens with one attached hydrogen (secondary N) is 1. The number of rotatable bonds is 7. The highest BCUT2D eigenvalue weighted by Gasteiger charge is 2.02. The van der Waals surface area contributed by atoms with Gasteiger partial charge in [-0.15, -0.1) is 0 Å². The zero-order chi connectivity index (χ0) is 14.8. The first-order valence-electron chi connectivity index (χ1n) is 6.42. The van der Waals surface area contributed by atoms with E-state index in [1.807, 2.05) is 30.3 Å². The van der Waals surface area contributed by atoms with E-state index >= 15 is 0 Å². The topological polar surface area (TPSA) is 98.5 Å². The largest absolute Gasteiger partial charge is 0.494 e. The Hall–Kier alpha value is -2.55. The molecular weight excluding hydrogens is 254 g/mol. The van der Waals surface area contributed by atoms with E-state index in [0.717, 1.165) is 17.7 Å². The van der Waals surface area contributed by atoms with E-state index in [4.69, 9.17) is 21.1 Å². The molecular formula is C14H19N5O. The summed E-state index contributed by atoms with van der Waals surface area (Å²) in [4.78, 5) is 0. The maximum atomic E-state index is 8.53. The highest BCUT2D eigenvalue weighted by atomic mass is 16.5. The van der Waals surface area contributed by atoms with Crippen LogP contribution in [0.4, 0.5) is 0 Å². The molecule has 3 N–H and O–H groups in total. The van der Waals surface area contributed by atoms with Crippen molar-refractivity contribution in [2.75, 3.05) is 13.2 Å². The predicted molar refractivity (Wildman–Crippen MR) is 78.7 cm³/mol. The maximum Gasteiger partial charge on any atom is 0.209 e. The average Bonchev–Trinajstić information content (AvgIpc) is 2.46. The molecule has 20 heavy (non-hydrogen) atoms. The van der Waals surface area contributed by atoms with Gasteiger partial charge in [-0.25, -0.2) is 5.01 Å². The Morgan fingerprint density at radius 1 is 1.50 bits per heavy atom. The molecule has 0 spiro atoms. The average molecular weight is 273 g/mol. The Bertz CT molecular complexity index is 489. The smallest absolute Gasteiger partial charge is 0.209 e. The lowest BCUT2D eigenvalue weighted by atomic mass is 10.2. The molecule has 106 valence electrons. The summed E-state index contributed by atoms with van der Waals surface area (Å²) < 4.78 is 5.48. The Kier molecular flexibility index (Phi) is 6.62. The van der Waals surface area contributed by atoms with E-state index in [0.29, 0.717) is 13.2 Å². The van der Waals surface area contributed by atoms with Crippen LogP contribution in [0.15, 0.2) is 29.4 Å². The van der Waals surface area contributed by atoms with Crippen molar-refractivity contribution in [3.8, 4) is 11.8 Å². The quantitative estimate of drug-likeness (QED) is 0.450. The SMILES string of the molecule is CCCOc1ccc(/C=N/N(CCC#N)C(=N)N)cc1. The van der Waals surface area contributed by atoms with Crippen molar-refractivity contribution in [2.24, 2.45) is 10.8 Å². The third-order valence-electron chi connectivity index (χ3n) is 2.41. The first kappa shape index (κ1) is 15.5. The molecule has 0 atom stereocenters. The number of benzene rings is 1. The number of nitrogens with two attached hydrogens (primary N) is 1. The molecule has 0 unspecified atom stereocenters. The Balaban J connectivity index is 2.63. The first-order chi connectivity index (χ1) is 9.67. The second kappa shape index (κ2) is 8.53. The predicted octanol–water partition coefficient (Wildman–Crippen LogP) is 1.92. The highest BCUT2D eigenvalue weighted by Crippen LogP contribution is 2.11. The Morgan fingerprint density at radius 3 is 2.75 bits per heavy atom. The lowest BCUT2D eigenvalue weighted by molar-refractivity contribution is 0.317. The molecule has 1 aromatic carbocycles. The molecule has 6 nitrogen and oxygen atoms in total. The molecule has 0 bridgehead atoms. The molecule has 0 heterocycles. The minimum atomic E-state index is -0.181. The van der Waals surface area contributed by atoms with Crippen LogP contribution in [-0.4, -0.2) is 30.3 Å². The molecule has 0 amide bonds. The van der Waals surface area contributed by atoms with Crippen molar-refractivity contribution in [1.29, 1.82) is 10.7 Å². The van der Waals surface area contributed by atoms with Crippen molar-refractivity contribution in [3.05, 3.63) is 29.8 Å². The standard InChI is InChI=1S/C14H19N5O/c1-2-10-20-13-6-4-12(5-7-13)11-18-19(14(16)17)9-3-8-15/h4-7,11H,2-3,9-10H2,1H3,(H3,16,17)/b18-11+. The summed E-state index contributed by atoms with van der Waals surface area (Å²) in [6.07, 6.45) is 2.83. The van der Waals surface area contributed by atoms with Crippen LogP contribution in [0.1, 0.15) is 25.3 Å². The van der Waals surface area contributed by atoms with Crippen molar-refractivity contribution in [1.82, 2.24) is 5.01 Å². The first-order valence-corrected chi connectivity index (χ1v) is 6.42. The third kappa shape index (κ3) is 5.40. The van der Waals surface area contributed by atoms with E-state index in [1.54, 1.807) is 6.21 Å². The van der Waals surface area contributed by atoms with Crippen LogP contribution in [0.3, 0.4) is 0 Å². The molecule has 0 aliphatic heterocycles. The molecule has 6 heteroatoms. The number of hydrogen-bond donors (Lipinski definition) is 2. The van der Waals surface area contributed by atoms with E-state index in [-0.39, 0.29) is 12.4 Å². The summed E-state index contributed by atoms with van der Waals surface area (Å²) in [7, 11) is 0. The van der Waals surface area contributed by atoms with E-state index < -0.39 is 0 Å². The number of hydrogen-bond acceptors (Lipinski definition) is 4. The third-order valence-corrected chi connectivity index (χ3v) is 2.41. The monoisotopic (exact) mass is 273 g/mol. The van der Waals surface area contributed by atoms with Crippen molar-refractivity contribution >= 4 is 12.2 Å². The molecule has 1 rings (SSSR count). The maximum absolute atomic E-state index is 8.53. The van der Waals surface area contributed by atoms with E-state index in [1.165, 1.54) is 5.01 Å². The number of guanidine groups is 1. The van der Waals surface area contributed by atoms with Gasteiger partial charge in [-0.2, -0.15) is 10.4 Å². The summed E-state index contributed by atoms with van der Waals surface area (Å²) in [5.41, 5.74) is 6.26. The van der Waals surface area contributed by atoms with Crippen LogP contribution in [-0.2, 0) is 0 Å². The Labute approximate surface area is 119 Å². The lowest BCUT2D eigenvalue weighted by Crippen LogP contribution is -2.32. The highest BCUT2D eigenvalue weighted by molar-refractivity contribution is 5.82. The van der Waals surface area contributed by atoms with E-state index in [9.17, 15) is 0 Å². The van der Waals surface area contributed by atoms with Crippen LogP contribution >= 0.6 is 0 Å². The number of nitrogens with zero attached hydrogens (tertiary/aromatic N) is 3. The van der Waals surface area contributed by atoms with Gasteiger partial charge in [0.1, 0.15) is 5.75 Å².